The number of fused-ring (bicyclic) bond motifs is 1. The number of carbonyl (C=O) groups excluding carboxylic acids is 1. The van der Waals surface area contributed by atoms with Crippen molar-refractivity contribution in [2.24, 2.45) is 0 Å². The monoisotopic (exact) mass is 450 g/mol. The van der Waals surface area contributed by atoms with Crippen LogP contribution >= 0.6 is 0 Å². The second kappa shape index (κ2) is 9.04. The predicted octanol–water partition coefficient (Wildman–Crippen LogP) is 4.08. The van der Waals surface area contributed by atoms with E-state index in [2.05, 4.69) is 12.2 Å². The molecule has 0 aliphatic carbocycles. The molecule has 1 aliphatic heterocycles. The molecule has 7 heteroatoms. The zero-order valence-corrected chi connectivity index (χ0v) is 18.9. The average Bonchev–Trinajstić information content (AvgIpc) is 2.83. The van der Waals surface area contributed by atoms with E-state index in [0.717, 1.165) is 12.0 Å². The summed E-state index contributed by atoms with van der Waals surface area (Å²) in [6, 6.07) is 22.9. The molecule has 3 aromatic rings. The lowest BCUT2D eigenvalue weighted by molar-refractivity contribution is -0.128. The number of rotatable bonds is 6. The Morgan fingerprint density at radius 2 is 1.69 bits per heavy atom. The first-order valence-corrected chi connectivity index (χ1v) is 12.1. The third-order valence-electron chi connectivity index (χ3n) is 5.61. The Bertz CT molecular complexity index is 1190. The standard InChI is InChI=1S/C25H26N2O4S/c1-3-19-13-15-20(16-14-19)18(2)26-25(28)24-17-27(22-11-7-8-12-23(22)31-24)32(29,30)21-9-5-4-6-10-21/h4-16,18,24H,3,17H2,1-2H3,(H,26,28). The summed E-state index contributed by atoms with van der Waals surface area (Å²) >= 11 is 0. The lowest BCUT2D eigenvalue weighted by Gasteiger charge is -2.35. The molecule has 0 bridgehead atoms. The number of nitrogens with one attached hydrogen (secondary N) is 1. The van der Waals surface area contributed by atoms with Crippen molar-refractivity contribution in [1.29, 1.82) is 0 Å². The van der Waals surface area contributed by atoms with Gasteiger partial charge in [0.25, 0.3) is 15.9 Å². The summed E-state index contributed by atoms with van der Waals surface area (Å²) in [4.78, 5) is 13.2. The Labute approximate surface area is 188 Å². The number of nitrogens with zero attached hydrogens (tertiary/aromatic N) is 1. The fourth-order valence-corrected chi connectivity index (χ4v) is 5.21. The zero-order chi connectivity index (χ0) is 22.7. The molecule has 2 unspecified atom stereocenters. The van der Waals surface area contributed by atoms with Gasteiger partial charge in [0, 0.05) is 0 Å². The first kappa shape index (κ1) is 21.9. The zero-order valence-electron chi connectivity index (χ0n) is 18.1. The van der Waals surface area contributed by atoms with Crippen molar-refractivity contribution in [1.82, 2.24) is 5.32 Å². The smallest absolute Gasteiger partial charge is 0.264 e. The number of hydrogen-bond acceptors (Lipinski definition) is 4. The van der Waals surface area contributed by atoms with Crippen LogP contribution in [0, 0.1) is 0 Å². The number of anilines is 1. The third-order valence-corrected chi connectivity index (χ3v) is 7.40. The van der Waals surface area contributed by atoms with Gasteiger partial charge in [-0.3, -0.25) is 9.10 Å². The molecule has 1 heterocycles. The van der Waals surface area contributed by atoms with Gasteiger partial charge in [-0.1, -0.05) is 61.5 Å². The summed E-state index contributed by atoms with van der Waals surface area (Å²) in [6.07, 6.45) is -0.0250. The van der Waals surface area contributed by atoms with E-state index in [1.165, 1.54) is 9.87 Å². The number of benzene rings is 3. The molecular formula is C25H26N2O4S. The first-order chi connectivity index (χ1) is 15.4. The summed E-state index contributed by atoms with van der Waals surface area (Å²) in [5.41, 5.74) is 2.62. The van der Waals surface area contributed by atoms with Crippen LogP contribution < -0.4 is 14.4 Å². The van der Waals surface area contributed by atoms with E-state index < -0.39 is 16.1 Å². The molecule has 2 atom stereocenters. The number of aryl methyl sites for hydroxylation is 1. The van der Waals surface area contributed by atoms with Crippen LogP contribution in [0.2, 0.25) is 0 Å². The second-order valence-electron chi connectivity index (χ2n) is 7.75. The largest absolute Gasteiger partial charge is 0.476 e. The van der Waals surface area contributed by atoms with E-state index in [1.54, 1.807) is 54.6 Å². The molecule has 0 saturated heterocycles. The number of amides is 1. The van der Waals surface area contributed by atoms with Crippen molar-refractivity contribution in [3.05, 3.63) is 90.0 Å². The number of sulfonamides is 1. The first-order valence-electron chi connectivity index (χ1n) is 10.6. The van der Waals surface area contributed by atoms with E-state index >= 15 is 0 Å². The highest BCUT2D eigenvalue weighted by Gasteiger charge is 2.37. The van der Waals surface area contributed by atoms with Crippen LogP contribution in [-0.4, -0.2) is 27.0 Å². The highest BCUT2D eigenvalue weighted by atomic mass is 32.2. The molecule has 6 nitrogen and oxygen atoms in total. The molecule has 1 aliphatic rings. The number of para-hydroxylation sites is 2. The van der Waals surface area contributed by atoms with Gasteiger partial charge in [-0.25, -0.2) is 8.42 Å². The highest BCUT2D eigenvalue weighted by Crippen LogP contribution is 2.36. The maximum Gasteiger partial charge on any atom is 0.264 e. The van der Waals surface area contributed by atoms with E-state index in [-0.39, 0.29) is 23.4 Å². The number of ether oxygens (including phenoxy) is 1. The van der Waals surface area contributed by atoms with Crippen molar-refractivity contribution in [2.75, 3.05) is 10.8 Å². The maximum atomic E-state index is 13.4. The Balaban J connectivity index is 1.58. The normalized spacial score (nSPS) is 16.6. The average molecular weight is 451 g/mol. The van der Waals surface area contributed by atoms with Crippen molar-refractivity contribution < 1.29 is 17.9 Å². The van der Waals surface area contributed by atoms with Crippen molar-refractivity contribution in [3.8, 4) is 5.75 Å². The molecule has 0 aromatic heterocycles. The van der Waals surface area contributed by atoms with Gasteiger partial charge in [-0.05, 0) is 48.7 Å². The van der Waals surface area contributed by atoms with Gasteiger partial charge in [0.05, 0.1) is 23.2 Å². The van der Waals surface area contributed by atoms with Crippen LogP contribution in [0.1, 0.15) is 31.0 Å². The molecule has 3 aromatic carbocycles. The molecule has 1 amide bonds. The lowest BCUT2D eigenvalue weighted by atomic mass is 10.0. The molecule has 1 N–H and O–H groups in total. The van der Waals surface area contributed by atoms with Gasteiger partial charge in [0.2, 0.25) is 0 Å². The summed E-state index contributed by atoms with van der Waals surface area (Å²) in [6.45, 7) is 3.88. The van der Waals surface area contributed by atoms with Gasteiger partial charge in [0.1, 0.15) is 5.75 Å². The summed E-state index contributed by atoms with van der Waals surface area (Å²) in [7, 11) is -3.86. The second-order valence-corrected chi connectivity index (χ2v) is 9.61. The van der Waals surface area contributed by atoms with Gasteiger partial charge in [0.15, 0.2) is 6.10 Å². The van der Waals surface area contributed by atoms with Gasteiger partial charge < -0.3 is 10.1 Å². The summed E-state index contributed by atoms with van der Waals surface area (Å²) < 4.78 is 33.9. The molecule has 0 saturated carbocycles. The van der Waals surface area contributed by atoms with Crippen LogP contribution in [0.3, 0.4) is 0 Å². The van der Waals surface area contributed by atoms with Crippen molar-refractivity contribution in [2.45, 2.75) is 37.3 Å². The van der Waals surface area contributed by atoms with Gasteiger partial charge in [-0.2, -0.15) is 0 Å². The Morgan fingerprint density at radius 3 is 2.38 bits per heavy atom. The number of carbonyl (C=O) groups is 1. The molecule has 0 spiro atoms. The molecule has 166 valence electrons. The van der Waals surface area contributed by atoms with Gasteiger partial charge >= 0.3 is 0 Å². The topological polar surface area (TPSA) is 75.7 Å². The van der Waals surface area contributed by atoms with E-state index in [9.17, 15) is 13.2 Å². The van der Waals surface area contributed by atoms with Crippen LogP contribution in [-0.2, 0) is 21.2 Å². The minimum absolute atomic E-state index is 0.110. The SMILES string of the molecule is CCc1ccc(C(C)NC(=O)C2CN(S(=O)(=O)c3ccccc3)c3ccccc3O2)cc1. The van der Waals surface area contributed by atoms with Crippen LogP contribution in [0.15, 0.2) is 83.8 Å². The minimum atomic E-state index is -3.86. The van der Waals surface area contributed by atoms with Gasteiger partial charge in [-0.15, -0.1) is 0 Å². The Hall–Kier alpha value is -3.32. The molecule has 0 radical (unpaired) electrons. The summed E-state index contributed by atoms with van der Waals surface area (Å²) in [5, 5.41) is 2.96. The molecule has 32 heavy (non-hydrogen) atoms. The fourth-order valence-electron chi connectivity index (χ4n) is 3.72. The third kappa shape index (κ3) is 4.34. The van der Waals surface area contributed by atoms with E-state index in [1.807, 2.05) is 31.2 Å². The van der Waals surface area contributed by atoms with E-state index in [4.69, 9.17) is 4.74 Å². The molecule has 4 rings (SSSR count). The summed E-state index contributed by atoms with van der Waals surface area (Å²) in [5.74, 6) is -0.00168. The van der Waals surface area contributed by atoms with Crippen molar-refractivity contribution in [3.63, 3.8) is 0 Å². The quantitative estimate of drug-likeness (QED) is 0.614. The van der Waals surface area contributed by atoms with E-state index in [0.29, 0.717) is 11.4 Å². The lowest BCUT2D eigenvalue weighted by Crippen LogP contribution is -2.51. The highest BCUT2D eigenvalue weighted by molar-refractivity contribution is 7.92. The number of hydrogen-bond donors (Lipinski definition) is 1. The van der Waals surface area contributed by atoms with Crippen LogP contribution in [0.5, 0.6) is 5.75 Å². The minimum Gasteiger partial charge on any atom is -0.476 e. The predicted molar refractivity (Wildman–Crippen MR) is 124 cm³/mol. The molecular weight excluding hydrogens is 424 g/mol. The fraction of sp³-hybridized carbons (Fsp3) is 0.240. The molecule has 0 fully saturated rings. The maximum absolute atomic E-state index is 13.4. The Morgan fingerprint density at radius 1 is 1.03 bits per heavy atom. The van der Waals surface area contributed by atoms with Crippen molar-refractivity contribution >= 4 is 21.6 Å². The van der Waals surface area contributed by atoms with Crippen LogP contribution in [0.25, 0.3) is 0 Å². The Kier molecular flexibility index (Phi) is 6.19. The van der Waals surface area contributed by atoms with Crippen LogP contribution in [0.4, 0.5) is 5.69 Å².